The van der Waals surface area contributed by atoms with Crippen LogP contribution in [0.1, 0.15) is 26.7 Å². The molecule has 0 fully saturated rings. The lowest BCUT2D eigenvalue weighted by atomic mass is 10.2. The van der Waals surface area contributed by atoms with Gasteiger partial charge in [-0.25, -0.2) is 8.42 Å². The van der Waals surface area contributed by atoms with E-state index in [2.05, 4.69) is 15.2 Å². The monoisotopic (exact) mass is 406 g/mol. The predicted octanol–water partition coefficient (Wildman–Crippen LogP) is 3.99. The Labute approximate surface area is 163 Å². The van der Waals surface area contributed by atoms with Crippen molar-refractivity contribution < 1.29 is 18.1 Å². The van der Waals surface area contributed by atoms with Crippen LogP contribution in [0.25, 0.3) is 0 Å². The Kier molecular flexibility index (Phi) is 6.94. The van der Waals surface area contributed by atoms with Crippen LogP contribution in [-0.4, -0.2) is 26.2 Å². The number of nitro groups is 1. The van der Waals surface area contributed by atoms with Crippen LogP contribution in [-0.2, 0) is 10.0 Å². The van der Waals surface area contributed by atoms with Crippen LogP contribution in [0.4, 0.5) is 17.1 Å². The summed E-state index contributed by atoms with van der Waals surface area (Å²) in [6.07, 6.45) is 1.63. The van der Waals surface area contributed by atoms with E-state index in [1.165, 1.54) is 31.4 Å². The third-order valence-corrected chi connectivity index (χ3v) is 5.21. The molecular weight excluding hydrogens is 384 g/mol. The van der Waals surface area contributed by atoms with E-state index in [0.29, 0.717) is 11.4 Å². The average molecular weight is 406 g/mol. The number of nitro benzene ring substituents is 1. The van der Waals surface area contributed by atoms with Gasteiger partial charge < -0.3 is 4.74 Å². The maximum atomic E-state index is 12.9. The van der Waals surface area contributed by atoms with Gasteiger partial charge in [0.15, 0.2) is 0 Å². The highest BCUT2D eigenvalue weighted by molar-refractivity contribution is 7.92. The SMILES string of the molecule is CCC/C(C)=N\Nc1ccc([N+](=O)[O-])cc1S(=O)(=O)Nc1ccc(OC)cc1. The summed E-state index contributed by atoms with van der Waals surface area (Å²) in [5.41, 5.74) is 3.58. The van der Waals surface area contributed by atoms with Gasteiger partial charge in [0.05, 0.1) is 17.7 Å². The number of nitrogens with zero attached hydrogens (tertiary/aromatic N) is 2. The lowest BCUT2D eigenvalue weighted by Gasteiger charge is -2.13. The normalized spacial score (nSPS) is 11.8. The third-order valence-electron chi connectivity index (χ3n) is 3.79. The number of benzene rings is 2. The smallest absolute Gasteiger partial charge is 0.270 e. The standard InChI is InChI=1S/C18H22N4O5S/c1-4-5-13(2)19-20-17-11-8-15(22(23)24)12-18(17)28(25,26)21-14-6-9-16(27-3)10-7-14/h6-12,20-21H,4-5H2,1-3H3/b19-13-. The van der Waals surface area contributed by atoms with Gasteiger partial charge in [-0.1, -0.05) is 13.3 Å². The molecule has 0 heterocycles. The maximum absolute atomic E-state index is 12.9. The molecule has 0 saturated carbocycles. The number of nitrogens with one attached hydrogen (secondary N) is 2. The summed E-state index contributed by atoms with van der Waals surface area (Å²) < 4.78 is 33.2. The highest BCUT2D eigenvalue weighted by atomic mass is 32.2. The molecule has 2 aromatic rings. The molecule has 0 atom stereocenters. The van der Waals surface area contributed by atoms with Gasteiger partial charge in [0.1, 0.15) is 10.6 Å². The summed E-state index contributed by atoms with van der Waals surface area (Å²) in [5.74, 6) is 0.571. The van der Waals surface area contributed by atoms with Gasteiger partial charge >= 0.3 is 0 Å². The molecule has 2 aromatic carbocycles. The number of non-ortho nitro benzene ring substituents is 1. The van der Waals surface area contributed by atoms with Crippen LogP contribution in [0.15, 0.2) is 52.5 Å². The average Bonchev–Trinajstić information content (AvgIpc) is 2.66. The molecule has 0 aliphatic heterocycles. The molecule has 2 rings (SSSR count). The topological polar surface area (TPSA) is 123 Å². The van der Waals surface area contributed by atoms with Crippen LogP contribution in [0, 0.1) is 10.1 Å². The Hall–Kier alpha value is -3.14. The van der Waals surface area contributed by atoms with Crippen LogP contribution >= 0.6 is 0 Å². The molecule has 0 amide bonds. The van der Waals surface area contributed by atoms with Crippen molar-refractivity contribution in [3.63, 3.8) is 0 Å². The van der Waals surface area contributed by atoms with E-state index in [-0.39, 0.29) is 16.3 Å². The minimum absolute atomic E-state index is 0.141. The van der Waals surface area contributed by atoms with Gasteiger partial charge in [0, 0.05) is 23.5 Å². The van der Waals surface area contributed by atoms with Gasteiger partial charge in [0.25, 0.3) is 15.7 Å². The second-order valence-corrected chi connectivity index (χ2v) is 7.63. The molecule has 0 bridgehead atoms. The van der Waals surface area contributed by atoms with E-state index < -0.39 is 14.9 Å². The number of ether oxygens (including phenoxy) is 1. The van der Waals surface area contributed by atoms with Gasteiger partial charge in [-0.15, -0.1) is 0 Å². The van der Waals surface area contributed by atoms with Gasteiger partial charge in [-0.2, -0.15) is 5.10 Å². The fraction of sp³-hybridized carbons (Fsp3) is 0.278. The van der Waals surface area contributed by atoms with Gasteiger partial charge in [0.2, 0.25) is 0 Å². The number of methoxy groups -OCH3 is 1. The maximum Gasteiger partial charge on any atom is 0.270 e. The zero-order chi connectivity index (χ0) is 20.7. The van der Waals surface area contributed by atoms with Crippen molar-refractivity contribution in [2.75, 3.05) is 17.3 Å². The van der Waals surface area contributed by atoms with E-state index in [9.17, 15) is 18.5 Å². The number of anilines is 2. The van der Waals surface area contributed by atoms with Crippen LogP contribution in [0.2, 0.25) is 0 Å². The number of hydrogen-bond donors (Lipinski definition) is 2. The Balaban J connectivity index is 2.41. The molecule has 0 unspecified atom stereocenters. The van der Waals surface area contributed by atoms with E-state index in [0.717, 1.165) is 24.6 Å². The lowest BCUT2D eigenvalue weighted by molar-refractivity contribution is -0.385. The van der Waals surface area contributed by atoms with Crippen molar-refractivity contribution >= 4 is 32.8 Å². The predicted molar refractivity (Wildman–Crippen MR) is 109 cm³/mol. The first-order valence-corrected chi connectivity index (χ1v) is 9.99. The number of hydrogen-bond acceptors (Lipinski definition) is 7. The first-order chi connectivity index (χ1) is 13.3. The van der Waals surface area contributed by atoms with Crippen molar-refractivity contribution in [3.05, 3.63) is 52.6 Å². The summed E-state index contributed by atoms with van der Waals surface area (Å²) in [5, 5.41) is 15.3. The Bertz CT molecular complexity index is 972. The van der Waals surface area contributed by atoms with E-state index >= 15 is 0 Å². The van der Waals surface area contributed by atoms with Gasteiger partial charge in [-0.3, -0.25) is 20.3 Å². The van der Waals surface area contributed by atoms with Crippen molar-refractivity contribution in [2.24, 2.45) is 5.10 Å². The minimum Gasteiger partial charge on any atom is -0.497 e. The van der Waals surface area contributed by atoms with Crippen molar-refractivity contribution in [1.29, 1.82) is 0 Å². The highest BCUT2D eigenvalue weighted by Gasteiger charge is 2.22. The number of rotatable bonds is 9. The second kappa shape index (κ2) is 9.18. The molecule has 0 aromatic heterocycles. The summed E-state index contributed by atoms with van der Waals surface area (Å²) in [6, 6.07) is 9.81. The molecule has 28 heavy (non-hydrogen) atoms. The van der Waals surface area contributed by atoms with Crippen molar-refractivity contribution in [3.8, 4) is 5.75 Å². The molecule has 0 spiro atoms. The summed E-state index contributed by atoms with van der Waals surface area (Å²) in [4.78, 5) is 10.2. The van der Waals surface area contributed by atoms with E-state index in [4.69, 9.17) is 4.74 Å². The fourth-order valence-corrected chi connectivity index (χ4v) is 3.62. The largest absolute Gasteiger partial charge is 0.497 e. The third kappa shape index (κ3) is 5.43. The second-order valence-electron chi connectivity index (χ2n) is 5.98. The molecular formula is C18H22N4O5S. The number of sulfonamides is 1. The van der Waals surface area contributed by atoms with Crippen molar-refractivity contribution in [1.82, 2.24) is 0 Å². The molecule has 0 aliphatic carbocycles. The minimum atomic E-state index is -4.11. The van der Waals surface area contributed by atoms with E-state index in [1.807, 2.05) is 13.8 Å². The Morgan fingerprint density at radius 1 is 1.21 bits per heavy atom. The fourth-order valence-electron chi connectivity index (χ4n) is 2.38. The summed E-state index contributed by atoms with van der Waals surface area (Å²) in [7, 11) is -2.61. The molecule has 0 aliphatic rings. The molecule has 2 N–H and O–H groups in total. The number of hydrazone groups is 1. The quantitative estimate of drug-likeness (QED) is 0.369. The highest BCUT2D eigenvalue weighted by Crippen LogP contribution is 2.29. The summed E-state index contributed by atoms with van der Waals surface area (Å²) in [6.45, 7) is 3.81. The van der Waals surface area contributed by atoms with E-state index in [1.54, 1.807) is 12.1 Å². The molecule has 0 saturated heterocycles. The molecule has 9 nitrogen and oxygen atoms in total. The molecule has 150 valence electrons. The molecule has 0 radical (unpaired) electrons. The van der Waals surface area contributed by atoms with Crippen molar-refractivity contribution in [2.45, 2.75) is 31.6 Å². The zero-order valence-corrected chi connectivity index (χ0v) is 16.6. The van der Waals surface area contributed by atoms with Crippen LogP contribution in [0.3, 0.4) is 0 Å². The molecule has 10 heteroatoms. The van der Waals surface area contributed by atoms with Gasteiger partial charge in [-0.05, 0) is 43.7 Å². The Morgan fingerprint density at radius 3 is 2.46 bits per heavy atom. The first kappa shape index (κ1) is 21.2. The zero-order valence-electron chi connectivity index (χ0n) is 15.8. The van der Waals surface area contributed by atoms with Crippen LogP contribution in [0.5, 0.6) is 5.75 Å². The van der Waals surface area contributed by atoms with Crippen LogP contribution < -0.4 is 14.9 Å². The Morgan fingerprint density at radius 2 is 1.89 bits per heavy atom. The first-order valence-electron chi connectivity index (χ1n) is 8.51. The lowest BCUT2D eigenvalue weighted by Crippen LogP contribution is -2.15. The summed E-state index contributed by atoms with van der Waals surface area (Å²) >= 11 is 0.